The Labute approximate surface area is 121 Å². The van der Waals surface area contributed by atoms with Gasteiger partial charge in [0.2, 0.25) is 0 Å². The normalized spacial score (nSPS) is 9.61. The van der Waals surface area contributed by atoms with Crippen molar-refractivity contribution in [1.29, 1.82) is 0 Å². The maximum absolute atomic E-state index is 4.25. The van der Waals surface area contributed by atoms with Crippen molar-refractivity contribution in [3.8, 4) is 0 Å². The lowest BCUT2D eigenvalue weighted by Gasteiger charge is -1.97. The minimum atomic E-state index is 1.07. The van der Waals surface area contributed by atoms with E-state index < -0.39 is 0 Å². The van der Waals surface area contributed by atoms with Crippen LogP contribution in [0.15, 0.2) is 23.4 Å². The van der Waals surface area contributed by atoms with Gasteiger partial charge >= 0.3 is 0 Å². The van der Waals surface area contributed by atoms with Crippen molar-refractivity contribution >= 4 is 18.2 Å². The van der Waals surface area contributed by atoms with Gasteiger partial charge in [-0.15, -0.1) is 12.6 Å². The number of rotatable bonds is 1. The number of allylic oxidation sites excluding steroid dienone is 2. The van der Waals surface area contributed by atoms with Gasteiger partial charge in [-0.25, -0.2) is 0 Å². The van der Waals surface area contributed by atoms with Gasteiger partial charge in [0.1, 0.15) is 0 Å². The van der Waals surface area contributed by atoms with E-state index in [0.717, 1.165) is 4.91 Å². The third-order valence-electron chi connectivity index (χ3n) is 1.57. The first-order valence-electron chi connectivity index (χ1n) is 7.04. The van der Waals surface area contributed by atoms with E-state index in [1.165, 1.54) is 24.0 Å². The Hall–Kier alpha value is -0.630. The van der Waals surface area contributed by atoms with Gasteiger partial charge < -0.3 is 4.98 Å². The molecule has 18 heavy (non-hydrogen) atoms. The lowest BCUT2D eigenvalue weighted by Crippen LogP contribution is -1.74. The second-order valence-electron chi connectivity index (χ2n) is 3.72. The van der Waals surface area contributed by atoms with Crippen LogP contribution in [0.5, 0.6) is 0 Å². The van der Waals surface area contributed by atoms with Gasteiger partial charge in [0.05, 0.1) is 0 Å². The van der Waals surface area contributed by atoms with Crippen molar-refractivity contribution in [3.63, 3.8) is 0 Å². The first kappa shape index (κ1) is 22.5. The van der Waals surface area contributed by atoms with Gasteiger partial charge in [-0.3, -0.25) is 0 Å². The molecule has 1 rings (SSSR count). The Morgan fingerprint density at radius 1 is 1.06 bits per heavy atom. The zero-order valence-corrected chi connectivity index (χ0v) is 14.5. The highest BCUT2D eigenvalue weighted by Gasteiger charge is 1.95. The molecule has 0 aromatic carbocycles. The Balaban J connectivity index is -0.000000237. The first-order valence-corrected chi connectivity index (χ1v) is 7.49. The van der Waals surface area contributed by atoms with Gasteiger partial charge in [0.15, 0.2) is 0 Å². The Kier molecular flexibility index (Phi) is 23.5. The summed E-state index contributed by atoms with van der Waals surface area (Å²) in [6.45, 7) is 16.6. The Bertz CT molecular complexity index is 255. The molecule has 0 spiro atoms. The minimum absolute atomic E-state index is 1.07. The van der Waals surface area contributed by atoms with E-state index in [4.69, 9.17) is 0 Å². The molecule has 2 heteroatoms. The maximum Gasteiger partial charge on any atom is 0.00810 e. The second kappa shape index (κ2) is 18.7. The molecule has 0 saturated heterocycles. The smallest absolute Gasteiger partial charge is 0.00810 e. The molecule has 0 saturated carbocycles. The zero-order valence-electron chi connectivity index (χ0n) is 13.6. The van der Waals surface area contributed by atoms with E-state index in [2.05, 4.69) is 52.2 Å². The van der Waals surface area contributed by atoms with E-state index >= 15 is 0 Å². The molecule has 108 valence electrons. The highest BCUT2D eigenvalue weighted by molar-refractivity contribution is 7.84. The molecule has 0 unspecified atom stereocenters. The summed E-state index contributed by atoms with van der Waals surface area (Å²) in [6.07, 6.45) is 6.38. The van der Waals surface area contributed by atoms with E-state index in [0.29, 0.717) is 0 Å². The van der Waals surface area contributed by atoms with Gasteiger partial charge in [-0.1, -0.05) is 54.4 Å². The summed E-state index contributed by atoms with van der Waals surface area (Å²) >= 11 is 4.25. The SMILES string of the molecule is C/C(S)=C(\C)c1cc[nH]c1.CC.CCC.CCC. The van der Waals surface area contributed by atoms with Crippen molar-refractivity contribution in [2.24, 2.45) is 0 Å². The summed E-state index contributed by atoms with van der Waals surface area (Å²) in [5.41, 5.74) is 2.44. The van der Waals surface area contributed by atoms with Crippen molar-refractivity contribution in [3.05, 3.63) is 28.9 Å². The summed E-state index contributed by atoms with van der Waals surface area (Å²) in [4.78, 5) is 4.07. The quantitative estimate of drug-likeness (QED) is 0.538. The number of thiol groups is 1. The van der Waals surface area contributed by atoms with Gasteiger partial charge in [0.25, 0.3) is 0 Å². The molecule has 0 atom stereocenters. The molecule has 0 fully saturated rings. The highest BCUT2D eigenvalue weighted by atomic mass is 32.1. The summed E-state index contributed by atoms with van der Waals surface area (Å²) < 4.78 is 0. The van der Waals surface area contributed by atoms with Crippen molar-refractivity contribution in [2.75, 3.05) is 0 Å². The molecule has 1 nitrogen and oxygen atoms in total. The van der Waals surface area contributed by atoms with Crippen molar-refractivity contribution in [2.45, 2.75) is 68.2 Å². The average molecular weight is 272 g/mol. The molecule has 0 bridgehead atoms. The van der Waals surface area contributed by atoms with E-state index in [1.54, 1.807) is 0 Å². The van der Waals surface area contributed by atoms with Crippen LogP contribution in [0.2, 0.25) is 0 Å². The molecule has 1 aromatic heterocycles. The largest absolute Gasteiger partial charge is 0.367 e. The predicted molar refractivity (Wildman–Crippen MR) is 91.3 cm³/mol. The third kappa shape index (κ3) is 15.4. The fourth-order valence-corrected chi connectivity index (χ4v) is 0.895. The fourth-order valence-electron chi connectivity index (χ4n) is 0.766. The van der Waals surface area contributed by atoms with Crippen LogP contribution in [0.4, 0.5) is 0 Å². The Morgan fingerprint density at radius 2 is 1.44 bits per heavy atom. The fraction of sp³-hybridized carbons (Fsp3) is 0.625. The van der Waals surface area contributed by atoms with Crippen LogP contribution in [-0.2, 0) is 0 Å². The lowest BCUT2D eigenvalue weighted by molar-refractivity contribution is 1.09. The van der Waals surface area contributed by atoms with Gasteiger partial charge in [-0.2, -0.15) is 0 Å². The lowest BCUT2D eigenvalue weighted by atomic mass is 10.1. The van der Waals surface area contributed by atoms with Crippen molar-refractivity contribution < 1.29 is 0 Å². The molecule has 1 N–H and O–H groups in total. The van der Waals surface area contributed by atoms with E-state index in [9.17, 15) is 0 Å². The maximum atomic E-state index is 4.25. The summed E-state index contributed by atoms with van der Waals surface area (Å²) in [7, 11) is 0. The van der Waals surface area contributed by atoms with Gasteiger partial charge in [0, 0.05) is 12.4 Å². The van der Waals surface area contributed by atoms with Crippen LogP contribution in [0.3, 0.4) is 0 Å². The third-order valence-corrected chi connectivity index (χ3v) is 1.91. The zero-order chi connectivity index (χ0) is 15.0. The molecule has 0 radical (unpaired) electrons. The second-order valence-corrected chi connectivity index (χ2v) is 4.40. The molecule has 0 amide bonds. The summed E-state index contributed by atoms with van der Waals surface area (Å²) in [5.74, 6) is 0. The summed E-state index contributed by atoms with van der Waals surface area (Å²) in [6, 6.07) is 2.04. The standard InChI is InChI=1S/C8H11NS.2C3H8.C2H6/c1-6(7(2)10)8-3-4-9-5-8;2*1-3-2;1-2/h3-5,9-10H,1-2H3;2*3H2,1-2H3;1-2H3/b7-6-;;;. The van der Waals surface area contributed by atoms with Crippen LogP contribution in [-0.4, -0.2) is 4.98 Å². The molecule has 1 aromatic rings. The number of H-pyrrole nitrogens is 1. The topological polar surface area (TPSA) is 15.8 Å². The minimum Gasteiger partial charge on any atom is -0.367 e. The number of hydrogen-bond acceptors (Lipinski definition) is 1. The van der Waals surface area contributed by atoms with Crippen molar-refractivity contribution in [1.82, 2.24) is 4.98 Å². The molecule has 0 aliphatic rings. The molecule has 1 heterocycles. The monoisotopic (exact) mass is 271 g/mol. The molecule has 0 aliphatic carbocycles. The summed E-state index contributed by atoms with van der Waals surface area (Å²) in [5, 5.41) is 0. The van der Waals surface area contributed by atoms with Crippen LogP contribution >= 0.6 is 12.6 Å². The van der Waals surface area contributed by atoms with Crippen LogP contribution < -0.4 is 0 Å². The van der Waals surface area contributed by atoms with Crippen LogP contribution in [0.1, 0.15) is 73.8 Å². The first-order chi connectivity index (χ1) is 8.54. The number of nitrogens with one attached hydrogen (secondary N) is 1. The average Bonchev–Trinajstić information content (AvgIpc) is 2.86. The van der Waals surface area contributed by atoms with Crippen LogP contribution in [0.25, 0.3) is 5.57 Å². The van der Waals surface area contributed by atoms with Gasteiger partial charge in [-0.05, 0) is 36.0 Å². The van der Waals surface area contributed by atoms with E-state index in [1.807, 2.05) is 39.2 Å². The predicted octanol–water partition coefficient (Wildman–Crippen LogP) is 6.55. The highest BCUT2D eigenvalue weighted by Crippen LogP contribution is 2.18. The molecular formula is C16H33NS. The number of aromatic nitrogens is 1. The van der Waals surface area contributed by atoms with Crippen LogP contribution in [0, 0.1) is 0 Å². The molecular weight excluding hydrogens is 238 g/mol. The Morgan fingerprint density at radius 3 is 1.67 bits per heavy atom. The number of hydrogen-bond donors (Lipinski definition) is 2. The number of aromatic amines is 1. The molecule has 0 aliphatic heterocycles. The van der Waals surface area contributed by atoms with E-state index in [-0.39, 0.29) is 0 Å².